The van der Waals surface area contributed by atoms with Crippen LogP contribution in [0.25, 0.3) is 0 Å². The standard InChI is InChI=1S/C13H25NO2/c1-6-13(7-2,11(3)12(15)16)9-8-10-14(4)5/h3,6-10H2,1-2,4-5H3,(H,15,16). The Bertz CT molecular complexity index is 242. The molecule has 0 atom stereocenters. The van der Waals surface area contributed by atoms with Crippen molar-refractivity contribution in [2.24, 2.45) is 5.41 Å². The van der Waals surface area contributed by atoms with Gasteiger partial charge in [0.25, 0.3) is 0 Å². The monoisotopic (exact) mass is 227 g/mol. The molecule has 94 valence electrons. The lowest BCUT2D eigenvalue weighted by Gasteiger charge is -2.32. The highest BCUT2D eigenvalue weighted by Crippen LogP contribution is 2.39. The fourth-order valence-corrected chi connectivity index (χ4v) is 2.14. The van der Waals surface area contributed by atoms with Crippen LogP contribution in [-0.4, -0.2) is 36.6 Å². The van der Waals surface area contributed by atoms with Crippen LogP contribution in [0.4, 0.5) is 0 Å². The maximum atomic E-state index is 11.1. The molecule has 3 nitrogen and oxygen atoms in total. The number of aliphatic carboxylic acids is 1. The molecule has 0 amide bonds. The van der Waals surface area contributed by atoms with E-state index in [4.69, 9.17) is 5.11 Å². The van der Waals surface area contributed by atoms with Crippen molar-refractivity contribution in [2.45, 2.75) is 39.5 Å². The molecule has 0 aliphatic carbocycles. The number of carbonyl (C=O) groups is 1. The Morgan fingerprint density at radius 3 is 2.12 bits per heavy atom. The molecule has 0 aromatic carbocycles. The van der Waals surface area contributed by atoms with E-state index in [0.717, 1.165) is 32.2 Å². The molecule has 0 radical (unpaired) electrons. The lowest BCUT2D eigenvalue weighted by molar-refractivity contribution is -0.134. The van der Waals surface area contributed by atoms with Gasteiger partial charge in [-0.2, -0.15) is 0 Å². The predicted octanol–water partition coefficient (Wildman–Crippen LogP) is 2.78. The fourth-order valence-electron chi connectivity index (χ4n) is 2.14. The summed E-state index contributed by atoms with van der Waals surface area (Å²) in [6.07, 6.45) is 3.62. The Morgan fingerprint density at radius 2 is 1.81 bits per heavy atom. The van der Waals surface area contributed by atoms with E-state index in [-0.39, 0.29) is 5.41 Å². The van der Waals surface area contributed by atoms with Crippen LogP contribution in [0.15, 0.2) is 12.2 Å². The fraction of sp³-hybridized carbons (Fsp3) is 0.769. The smallest absolute Gasteiger partial charge is 0.331 e. The Morgan fingerprint density at radius 1 is 1.31 bits per heavy atom. The molecule has 0 spiro atoms. The van der Waals surface area contributed by atoms with E-state index >= 15 is 0 Å². The number of rotatable bonds is 8. The normalized spacial score (nSPS) is 11.8. The van der Waals surface area contributed by atoms with E-state index in [0.29, 0.717) is 5.57 Å². The number of hydrogen-bond acceptors (Lipinski definition) is 2. The summed E-state index contributed by atoms with van der Waals surface area (Å²) in [7, 11) is 4.07. The van der Waals surface area contributed by atoms with Gasteiger partial charge in [0, 0.05) is 11.0 Å². The van der Waals surface area contributed by atoms with Crippen molar-refractivity contribution >= 4 is 5.97 Å². The van der Waals surface area contributed by atoms with Crippen molar-refractivity contribution in [2.75, 3.05) is 20.6 Å². The summed E-state index contributed by atoms with van der Waals surface area (Å²) in [5.41, 5.74) is 0.151. The molecule has 3 heteroatoms. The third-order valence-electron chi connectivity index (χ3n) is 3.51. The minimum Gasteiger partial charge on any atom is -0.478 e. The van der Waals surface area contributed by atoms with E-state index in [1.807, 2.05) is 27.9 Å². The second kappa shape index (κ2) is 6.69. The van der Waals surface area contributed by atoms with Gasteiger partial charge in [0.2, 0.25) is 0 Å². The van der Waals surface area contributed by atoms with Crippen LogP contribution in [0, 0.1) is 5.41 Å². The van der Waals surface area contributed by atoms with Crippen molar-refractivity contribution < 1.29 is 9.90 Å². The van der Waals surface area contributed by atoms with E-state index in [1.54, 1.807) is 0 Å². The van der Waals surface area contributed by atoms with Gasteiger partial charge < -0.3 is 10.0 Å². The highest BCUT2D eigenvalue weighted by Gasteiger charge is 2.32. The molecule has 0 heterocycles. The van der Waals surface area contributed by atoms with E-state index in [1.165, 1.54) is 0 Å². The Kier molecular flexibility index (Phi) is 6.34. The zero-order valence-corrected chi connectivity index (χ0v) is 11.0. The van der Waals surface area contributed by atoms with Crippen LogP contribution in [0.5, 0.6) is 0 Å². The van der Waals surface area contributed by atoms with Crippen LogP contribution in [0.1, 0.15) is 39.5 Å². The largest absolute Gasteiger partial charge is 0.478 e. The van der Waals surface area contributed by atoms with Crippen molar-refractivity contribution in [3.63, 3.8) is 0 Å². The Balaban J connectivity index is 4.56. The second-order valence-corrected chi connectivity index (χ2v) is 4.68. The van der Waals surface area contributed by atoms with Gasteiger partial charge >= 0.3 is 5.97 Å². The number of nitrogens with zero attached hydrogens (tertiary/aromatic N) is 1. The summed E-state index contributed by atoms with van der Waals surface area (Å²) in [6.45, 7) is 8.85. The van der Waals surface area contributed by atoms with Gasteiger partial charge in [0.1, 0.15) is 0 Å². The quantitative estimate of drug-likeness (QED) is 0.648. The predicted molar refractivity (Wildman–Crippen MR) is 67.6 cm³/mol. The molecular weight excluding hydrogens is 202 g/mol. The lowest BCUT2D eigenvalue weighted by Crippen LogP contribution is -2.27. The van der Waals surface area contributed by atoms with Gasteiger partial charge in [-0.3, -0.25) is 0 Å². The minimum atomic E-state index is -0.853. The molecule has 0 bridgehead atoms. The summed E-state index contributed by atoms with van der Waals surface area (Å²) >= 11 is 0. The van der Waals surface area contributed by atoms with E-state index < -0.39 is 5.97 Å². The first-order valence-corrected chi connectivity index (χ1v) is 5.97. The highest BCUT2D eigenvalue weighted by molar-refractivity contribution is 5.87. The molecule has 0 aliphatic heterocycles. The van der Waals surface area contributed by atoms with Gasteiger partial charge in [-0.15, -0.1) is 0 Å². The second-order valence-electron chi connectivity index (χ2n) is 4.68. The minimum absolute atomic E-state index is 0.220. The molecule has 0 rings (SSSR count). The molecule has 0 saturated carbocycles. The molecule has 0 saturated heterocycles. The molecule has 16 heavy (non-hydrogen) atoms. The first-order chi connectivity index (χ1) is 7.39. The number of carboxylic acids is 1. The molecule has 0 aliphatic rings. The summed E-state index contributed by atoms with van der Waals surface area (Å²) in [6, 6.07) is 0. The molecular formula is C13H25NO2. The van der Waals surface area contributed by atoms with E-state index in [2.05, 4.69) is 11.5 Å². The summed E-state index contributed by atoms with van der Waals surface area (Å²) in [5, 5.41) is 9.08. The Labute approximate surface area is 99.1 Å². The van der Waals surface area contributed by atoms with Crippen LogP contribution in [0.2, 0.25) is 0 Å². The number of carboxylic acid groups (broad SMARTS) is 1. The maximum Gasteiger partial charge on any atom is 0.331 e. The van der Waals surface area contributed by atoms with Crippen LogP contribution < -0.4 is 0 Å². The average Bonchev–Trinajstić information content (AvgIpc) is 2.23. The lowest BCUT2D eigenvalue weighted by atomic mass is 9.72. The highest BCUT2D eigenvalue weighted by atomic mass is 16.4. The molecule has 0 aromatic heterocycles. The average molecular weight is 227 g/mol. The maximum absolute atomic E-state index is 11.1. The van der Waals surface area contributed by atoms with Crippen LogP contribution in [-0.2, 0) is 4.79 Å². The van der Waals surface area contributed by atoms with Gasteiger partial charge in [-0.25, -0.2) is 4.79 Å². The number of hydrogen-bond donors (Lipinski definition) is 1. The molecule has 0 fully saturated rings. The van der Waals surface area contributed by atoms with Crippen molar-refractivity contribution in [1.82, 2.24) is 4.90 Å². The SMILES string of the molecule is C=C(C(=O)O)C(CC)(CC)CCCN(C)C. The molecule has 0 unspecified atom stereocenters. The third kappa shape index (κ3) is 3.97. The summed E-state index contributed by atoms with van der Waals surface area (Å²) < 4.78 is 0. The van der Waals surface area contributed by atoms with Gasteiger partial charge in [0.15, 0.2) is 0 Å². The third-order valence-corrected chi connectivity index (χ3v) is 3.51. The first-order valence-electron chi connectivity index (χ1n) is 5.97. The topological polar surface area (TPSA) is 40.5 Å². The molecule has 0 aromatic rings. The first kappa shape index (κ1) is 15.2. The van der Waals surface area contributed by atoms with Crippen molar-refractivity contribution in [3.8, 4) is 0 Å². The van der Waals surface area contributed by atoms with Gasteiger partial charge in [-0.05, 0) is 46.3 Å². The van der Waals surface area contributed by atoms with Gasteiger partial charge in [0.05, 0.1) is 0 Å². The summed E-state index contributed by atoms with van der Waals surface area (Å²) in [5.74, 6) is -0.853. The Hall–Kier alpha value is -0.830. The van der Waals surface area contributed by atoms with E-state index in [9.17, 15) is 4.79 Å². The zero-order valence-electron chi connectivity index (χ0n) is 11.0. The van der Waals surface area contributed by atoms with Crippen LogP contribution in [0.3, 0.4) is 0 Å². The van der Waals surface area contributed by atoms with Crippen molar-refractivity contribution in [3.05, 3.63) is 12.2 Å². The van der Waals surface area contributed by atoms with Crippen molar-refractivity contribution in [1.29, 1.82) is 0 Å². The zero-order chi connectivity index (χ0) is 12.8. The van der Waals surface area contributed by atoms with Gasteiger partial charge in [-0.1, -0.05) is 20.4 Å². The molecule has 1 N–H and O–H groups in total. The summed E-state index contributed by atoms with van der Waals surface area (Å²) in [4.78, 5) is 13.2. The van der Waals surface area contributed by atoms with Crippen LogP contribution >= 0.6 is 0 Å².